The summed E-state index contributed by atoms with van der Waals surface area (Å²) in [5, 5.41) is 12.0. The van der Waals surface area contributed by atoms with E-state index < -0.39 is 55.6 Å². The van der Waals surface area contributed by atoms with Crippen LogP contribution in [0.25, 0.3) is 0 Å². The number of carbonyl (C=O) groups excluding carboxylic acids is 3. The molecular formula is C29H33FN2O8. The van der Waals surface area contributed by atoms with Gasteiger partial charge in [-0.3, -0.25) is 14.4 Å². The number of para-hydroxylation sites is 1. The quantitative estimate of drug-likeness (QED) is 0.205. The summed E-state index contributed by atoms with van der Waals surface area (Å²) in [6, 6.07) is 14.0. The molecule has 3 rings (SSSR count). The number of alkyl halides is 1. The number of carbonyl (C=O) groups is 4. The van der Waals surface area contributed by atoms with E-state index in [1.54, 1.807) is 43.3 Å². The summed E-state index contributed by atoms with van der Waals surface area (Å²) < 4.78 is 31.2. The topological polar surface area (TPSA) is 131 Å². The molecule has 0 bridgehead atoms. The van der Waals surface area contributed by atoms with Gasteiger partial charge in [-0.25, -0.2) is 9.18 Å². The molecule has 0 aliphatic carbocycles. The molecule has 10 nitrogen and oxygen atoms in total. The highest BCUT2D eigenvalue weighted by molar-refractivity contribution is 5.97. The number of nitrogens with one attached hydrogen (secondary N) is 1. The zero-order chi connectivity index (χ0) is 29.0. The Morgan fingerprint density at radius 1 is 1.07 bits per heavy atom. The van der Waals surface area contributed by atoms with Crippen LogP contribution in [0.4, 0.5) is 4.39 Å². The molecule has 1 aliphatic heterocycles. The monoisotopic (exact) mass is 556 g/mol. The predicted molar refractivity (Wildman–Crippen MR) is 143 cm³/mol. The van der Waals surface area contributed by atoms with Gasteiger partial charge in [-0.1, -0.05) is 30.4 Å². The van der Waals surface area contributed by atoms with Gasteiger partial charge in [0.2, 0.25) is 5.91 Å². The summed E-state index contributed by atoms with van der Waals surface area (Å²) in [7, 11) is 0. The maximum absolute atomic E-state index is 15.4. The predicted octanol–water partition coefficient (Wildman–Crippen LogP) is 3.52. The first kappa shape index (κ1) is 30.3. The van der Waals surface area contributed by atoms with Gasteiger partial charge < -0.3 is 29.5 Å². The van der Waals surface area contributed by atoms with E-state index in [9.17, 15) is 24.3 Å². The standard InChI is InChI=1S/C29H33FN2O8/c1-2-39-26(34)11-7-4-8-16-38-20-29(30)17-24(28(36)37)32(19-29)25(33)18-31-27(35)21-12-14-23(15-13-21)40-22-9-5-3-6-10-22/h3-6,8-10,12-15,24H,2,7,11,16-20H2,1H3,(H,31,35)(H,36,37)/b8-4+. The molecule has 2 atom stereocenters. The molecule has 2 aromatic carbocycles. The molecule has 0 spiro atoms. The molecule has 1 aliphatic rings. The van der Waals surface area contributed by atoms with Crippen molar-refractivity contribution in [2.45, 2.75) is 37.9 Å². The van der Waals surface area contributed by atoms with Crippen LogP contribution in [0.15, 0.2) is 66.7 Å². The van der Waals surface area contributed by atoms with Gasteiger partial charge in [0, 0.05) is 18.4 Å². The lowest BCUT2D eigenvalue weighted by atomic mass is 10.0. The van der Waals surface area contributed by atoms with Crippen molar-refractivity contribution in [3.05, 3.63) is 72.3 Å². The molecule has 11 heteroatoms. The lowest BCUT2D eigenvalue weighted by molar-refractivity contribution is -0.147. The number of ether oxygens (including phenoxy) is 3. The molecule has 2 unspecified atom stereocenters. The molecular weight excluding hydrogens is 523 g/mol. The largest absolute Gasteiger partial charge is 0.480 e. The number of aliphatic carboxylic acids is 1. The van der Waals surface area contributed by atoms with Crippen molar-refractivity contribution in [1.82, 2.24) is 10.2 Å². The van der Waals surface area contributed by atoms with Gasteiger partial charge in [0.15, 0.2) is 5.67 Å². The second-order valence-electron chi connectivity index (χ2n) is 9.18. The van der Waals surface area contributed by atoms with Gasteiger partial charge in [-0.15, -0.1) is 0 Å². The Labute approximate surface area is 231 Å². The highest BCUT2D eigenvalue weighted by Gasteiger charge is 2.49. The summed E-state index contributed by atoms with van der Waals surface area (Å²) in [4.78, 5) is 49.2. The molecule has 2 aromatic rings. The Hall–Kier alpha value is -4.25. The third-order valence-electron chi connectivity index (χ3n) is 6.05. The van der Waals surface area contributed by atoms with Gasteiger partial charge in [-0.2, -0.15) is 0 Å². The van der Waals surface area contributed by atoms with Crippen molar-refractivity contribution in [1.29, 1.82) is 0 Å². The van der Waals surface area contributed by atoms with Crippen molar-refractivity contribution in [2.75, 3.05) is 32.9 Å². The van der Waals surface area contributed by atoms with Crippen LogP contribution in [-0.4, -0.2) is 78.4 Å². The van der Waals surface area contributed by atoms with Crippen LogP contribution < -0.4 is 10.1 Å². The van der Waals surface area contributed by atoms with Crippen molar-refractivity contribution < 1.29 is 42.9 Å². The van der Waals surface area contributed by atoms with E-state index >= 15 is 4.39 Å². The first-order chi connectivity index (χ1) is 19.2. The molecule has 0 saturated carbocycles. The van der Waals surface area contributed by atoms with E-state index in [4.69, 9.17) is 14.2 Å². The number of esters is 1. The number of benzene rings is 2. The number of nitrogens with zero attached hydrogens (tertiary/aromatic N) is 1. The van der Waals surface area contributed by atoms with Crippen LogP contribution in [0.3, 0.4) is 0 Å². The molecule has 2 amide bonds. The average molecular weight is 557 g/mol. The number of halogens is 1. The van der Waals surface area contributed by atoms with Gasteiger partial charge in [0.05, 0.1) is 32.9 Å². The van der Waals surface area contributed by atoms with Crippen LogP contribution in [0, 0.1) is 0 Å². The Bertz CT molecular complexity index is 1190. The summed E-state index contributed by atoms with van der Waals surface area (Å²) in [6.07, 6.45) is 3.57. The van der Waals surface area contributed by atoms with Crippen molar-refractivity contribution in [3.8, 4) is 11.5 Å². The number of carboxylic acid groups (broad SMARTS) is 1. The molecule has 214 valence electrons. The number of hydrogen-bond acceptors (Lipinski definition) is 7. The minimum absolute atomic E-state index is 0.0609. The van der Waals surface area contributed by atoms with Crippen LogP contribution in [0.5, 0.6) is 11.5 Å². The van der Waals surface area contributed by atoms with Crippen LogP contribution >= 0.6 is 0 Å². The van der Waals surface area contributed by atoms with E-state index in [-0.39, 0.29) is 24.6 Å². The highest BCUT2D eigenvalue weighted by atomic mass is 19.1. The fourth-order valence-electron chi connectivity index (χ4n) is 4.11. The van der Waals surface area contributed by atoms with Crippen LogP contribution in [-0.2, 0) is 23.9 Å². The first-order valence-electron chi connectivity index (χ1n) is 12.9. The lowest BCUT2D eigenvalue weighted by Gasteiger charge is -2.22. The zero-order valence-electron chi connectivity index (χ0n) is 22.2. The van der Waals surface area contributed by atoms with Crippen molar-refractivity contribution >= 4 is 23.8 Å². The Morgan fingerprint density at radius 3 is 2.45 bits per heavy atom. The number of hydrogen-bond donors (Lipinski definition) is 2. The fraction of sp³-hybridized carbons (Fsp3) is 0.379. The Kier molecular flexibility index (Phi) is 11.2. The molecule has 1 saturated heterocycles. The van der Waals surface area contributed by atoms with E-state index in [0.29, 0.717) is 24.5 Å². The fourth-order valence-corrected chi connectivity index (χ4v) is 4.11. The van der Waals surface area contributed by atoms with Gasteiger partial charge in [0.25, 0.3) is 5.91 Å². The molecule has 40 heavy (non-hydrogen) atoms. The SMILES string of the molecule is CCOC(=O)CC/C=C/COCC1(F)CC(C(=O)O)N(C(=O)CNC(=O)c2ccc(Oc3ccccc3)cc2)C1. The molecule has 0 aromatic heterocycles. The zero-order valence-corrected chi connectivity index (χ0v) is 22.2. The van der Waals surface area contributed by atoms with Gasteiger partial charge in [0.1, 0.15) is 17.5 Å². The van der Waals surface area contributed by atoms with E-state index in [1.165, 1.54) is 12.1 Å². The smallest absolute Gasteiger partial charge is 0.326 e. The lowest BCUT2D eigenvalue weighted by Crippen LogP contribution is -2.46. The second kappa shape index (κ2) is 14.8. The number of rotatable bonds is 14. The Morgan fingerprint density at radius 2 is 1.77 bits per heavy atom. The van der Waals surface area contributed by atoms with E-state index in [1.807, 2.05) is 18.2 Å². The van der Waals surface area contributed by atoms with E-state index in [2.05, 4.69) is 5.32 Å². The van der Waals surface area contributed by atoms with Crippen LogP contribution in [0.1, 0.15) is 36.5 Å². The molecule has 0 radical (unpaired) electrons. The van der Waals surface area contributed by atoms with Crippen LogP contribution in [0.2, 0.25) is 0 Å². The number of amides is 2. The van der Waals surface area contributed by atoms with Crippen molar-refractivity contribution in [3.63, 3.8) is 0 Å². The number of carboxylic acids is 1. The third-order valence-corrected chi connectivity index (χ3v) is 6.05. The van der Waals surface area contributed by atoms with E-state index in [0.717, 1.165) is 4.90 Å². The third kappa shape index (κ3) is 9.19. The summed E-state index contributed by atoms with van der Waals surface area (Å²) in [5.41, 5.74) is -1.79. The summed E-state index contributed by atoms with van der Waals surface area (Å²) in [5.74, 6) is -1.76. The molecule has 1 fully saturated rings. The summed E-state index contributed by atoms with van der Waals surface area (Å²) >= 11 is 0. The van der Waals surface area contributed by atoms with Gasteiger partial charge >= 0.3 is 11.9 Å². The maximum atomic E-state index is 15.4. The highest BCUT2D eigenvalue weighted by Crippen LogP contribution is 2.31. The van der Waals surface area contributed by atoms with Crippen molar-refractivity contribution in [2.24, 2.45) is 0 Å². The average Bonchev–Trinajstić information content (AvgIpc) is 3.30. The normalized spacial score (nSPS) is 18.4. The van der Waals surface area contributed by atoms with Gasteiger partial charge in [-0.05, 0) is 49.7 Å². The minimum atomic E-state index is -2.06. The number of likely N-dealkylation sites (tertiary alicyclic amines) is 1. The minimum Gasteiger partial charge on any atom is -0.480 e. The second-order valence-corrected chi connectivity index (χ2v) is 9.18. The number of allylic oxidation sites excluding steroid dienone is 1. The maximum Gasteiger partial charge on any atom is 0.326 e. The Balaban J connectivity index is 1.46. The molecule has 1 heterocycles. The molecule has 2 N–H and O–H groups in total. The first-order valence-corrected chi connectivity index (χ1v) is 12.9. The summed E-state index contributed by atoms with van der Waals surface area (Å²) in [6.45, 7) is 0.715.